The molecule has 29 heavy (non-hydrogen) atoms. The topological polar surface area (TPSA) is 67.9 Å². The van der Waals surface area contributed by atoms with Crippen LogP contribution in [0.15, 0.2) is 48.5 Å². The third kappa shape index (κ3) is 4.95. The van der Waals surface area contributed by atoms with Gasteiger partial charge in [-0.25, -0.2) is 0 Å². The molecule has 0 radical (unpaired) electrons. The molecule has 2 aromatic rings. The molecule has 2 aromatic carbocycles. The van der Waals surface area contributed by atoms with Crippen LogP contribution in [0, 0.1) is 0 Å². The number of ether oxygens (including phenoxy) is 2. The molecule has 152 valence electrons. The Hall–Kier alpha value is -2.86. The number of nitrogens with zero attached hydrogens (tertiary/aromatic N) is 1. The molecule has 0 saturated carbocycles. The summed E-state index contributed by atoms with van der Waals surface area (Å²) in [4.78, 5) is 27.0. The van der Waals surface area contributed by atoms with E-state index in [0.717, 1.165) is 51.1 Å². The predicted molar refractivity (Wildman–Crippen MR) is 110 cm³/mol. The molecule has 1 atom stereocenters. The van der Waals surface area contributed by atoms with Gasteiger partial charge >= 0.3 is 0 Å². The van der Waals surface area contributed by atoms with Crippen LogP contribution in [0.5, 0.6) is 5.75 Å². The van der Waals surface area contributed by atoms with E-state index >= 15 is 0 Å². The highest BCUT2D eigenvalue weighted by Gasteiger charge is 2.20. The lowest BCUT2D eigenvalue weighted by molar-refractivity contribution is 0.0679. The second kappa shape index (κ2) is 9.09. The van der Waals surface area contributed by atoms with Gasteiger partial charge in [0.1, 0.15) is 12.4 Å². The van der Waals surface area contributed by atoms with Crippen LogP contribution in [-0.2, 0) is 4.74 Å². The highest BCUT2D eigenvalue weighted by atomic mass is 16.5. The minimum Gasteiger partial charge on any atom is -0.491 e. The third-order valence-corrected chi connectivity index (χ3v) is 5.34. The van der Waals surface area contributed by atoms with Crippen molar-refractivity contribution in [3.63, 3.8) is 0 Å². The molecule has 1 unspecified atom stereocenters. The van der Waals surface area contributed by atoms with Crippen molar-refractivity contribution >= 4 is 17.5 Å². The zero-order valence-electron chi connectivity index (χ0n) is 16.4. The van der Waals surface area contributed by atoms with Crippen LogP contribution in [0.3, 0.4) is 0 Å². The molecule has 1 N–H and O–H groups in total. The molecular weight excluding hydrogens is 368 g/mol. The fourth-order valence-corrected chi connectivity index (χ4v) is 3.70. The molecule has 2 aliphatic heterocycles. The van der Waals surface area contributed by atoms with Gasteiger partial charge in [0.05, 0.1) is 6.10 Å². The summed E-state index contributed by atoms with van der Waals surface area (Å²) in [5.74, 6) is 0.517. The molecule has 2 fully saturated rings. The van der Waals surface area contributed by atoms with E-state index in [1.807, 2.05) is 4.90 Å². The number of carbonyl (C=O) groups excluding carboxylic acids is 2. The van der Waals surface area contributed by atoms with Crippen molar-refractivity contribution in [2.24, 2.45) is 0 Å². The summed E-state index contributed by atoms with van der Waals surface area (Å²) in [6.45, 7) is 2.94. The van der Waals surface area contributed by atoms with Crippen molar-refractivity contribution in [1.29, 1.82) is 0 Å². The van der Waals surface area contributed by atoms with Gasteiger partial charge in [-0.1, -0.05) is 6.07 Å². The van der Waals surface area contributed by atoms with Gasteiger partial charge in [0.25, 0.3) is 11.8 Å². The maximum atomic E-state index is 12.6. The number of nitrogens with one attached hydrogen (secondary N) is 1. The van der Waals surface area contributed by atoms with Gasteiger partial charge in [-0.15, -0.1) is 0 Å². The van der Waals surface area contributed by atoms with Crippen LogP contribution in [0.1, 0.15) is 46.4 Å². The minimum atomic E-state index is -0.221. The Labute approximate surface area is 170 Å². The smallest absolute Gasteiger partial charge is 0.255 e. The summed E-state index contributed by atoms with van der Waals surface area (Å²) >= 11 is 0. The van der Waals surface area contributed by atoms with E-state index in [1.165, 1.54) is 0 Å². The summed E-state index contributed by atoms with van der Waals surface area (Å²) in [6, 6.07) is 14.2. The molecule has 0 aliphatic carbocycles. The molecule has 0 bridgehead atoms. The highest BCUT2D eigenvalue weighted by molar-refractivity contribution is 6.05. The van der Waals surface area contributed by atoms with Gasteiger partial charge in [0, 0.05) is 36.5 Å². The molecule has 0 spiro atoms. The fourth-order valence-electron chi connectivity index (χ4n) is 3.70. The number of hydrogen-bond donors (Lipinski definition) is 1. The first-order valence-electron chi connectivity index (χ1n) is 10.2. The predicted octanol–water partition coefficient (Wildman–Crippen LogP) is 3.73. The standard InChI is InChI=1S/C23H26N2O4/c26-22(17-8-10-20(11-9-17)29-16-21-7-4-14-28-21)24-19-6-3-5-18(15-19)23(27)25-12-1-2-13-25/h3,5-6,8-11,15,21H,1-2,4,7,12-14,16H2,(H,24,26). The van der Waals surface area contributed by atoms with E-state index in [9.17, 15) is 9.59 Å². The summed E-state index contributed by atoms with van der Waals surface area (Å²) in [7, 11) is 0. The number of hydrogen-bond acceptors (Lipinski definition) is 4. The van der Waals surface area contributed by atoms with E-state index in [0.29, 0.717) is 23.4 Å². The summed E-state index contributed by atoms with van der Waals surface area (Å²) in [5, 5.41) is 2.87. The van der Waals surface area contributed by atoms with Crippen molar-refractivity contribution in [2.75, 3.05) is 31.6 Å². The molecule has 6 nitrogen and oxygen atoms in total. The van der Waals surface area contributed by atoms with Crippen LogP contribution >= 0.6 is 0 Å². The average Bonchev–Trinajstić information content (AvgIpc) is 3.46. The van der Waals surface area contributed by atoms with Crippen LogP contribution in [-0.4, -0.2) is 49.1 Å². The summed E-state index contributed by atoms with van der Waals surface area (Å²) < 4.78 is 11.3. The summed E-state index contributed by atoms with van der Waals surface area (Å²) in [5.41, 5.74) is 1.74. The zero-order valence-corrected chi connectivity index (χ0v) is 16.4. The average molecular weight is 394 g/mol. The number of rotatable bonds is 6. The van der Waals surface area contributed by atoms with Crippen molar-refractivity contribution in [3.05, 3.63) is 59.7 Å². The van der Waals surface area contributed by atoms with E-state index in [-0.39, 0.29) is 17.9 Å². The molecule has 2 aliphatic rings. The Kier molecular flexibility index (Phi) is 6.10. The Morgan fingerprint density at radius 2 is 1.83 bits per heavy atom. The lowest BCUT2D eigenvalue weighted by Gasteiger charge is -2.16. The SMILES string of the molecule is O=C(Nc1cccc(C(=O)N2CCCC2)c1)c1ccc(OCC2CCCO2)cc1. The largest absolute Gasteiger partial charge is 0.491 e. The van der Waals surface area contributed by atoms with Crippen molar-refractivity contribution in [1.82, 2.24) is 4.90 Å². The Bertz CT molecular complexity index is 853. The van der Waals surface area contributed by atoms with Crippen molar-refractivity contribution in [2.45, 2.75) is 31.8 Å². The molecule has 2 heterocycles. The second-order valence-electron chi connectivity index (χ2n) is 7.50. The molecule has 4 rings (SSSR count). The number of benzene rings is 2. The quantitative estimate of drug-likeness (QED) is 0.811. The van der Waals surface area contributed by atoms with Gasteiger partial charge in [-0.3, -0.25) is 9.59 Å². The first-order valence-corrected chi connectivity index (χ1v) is 10.2. The number of amides is 2. The van der Waals surface area contributed by atoms with Gasteiger partial charge in [0.15, 0.2) is 0 Å². The first kappa shape index (κ1) is 19.5. The highest BCUT2D eigenvalue weighted by Crippen LogP contribution is 2.19. The zero-order chi connectivity index (χ0) is 20.1. The lowest BCUT2D eigenvalue weighted by atomic mass is 10.1. The Morgan fingerprint density at radius 3 is 2.55 bits per heavy atom. The monoisotopic (exact) mass is 394 g/mol. The minimum absolute atomic E-state index is 0.0198. The number of anilines is 1. The third-order valence-electron chi connectivity index (χ3n) is 5.34. The van der Waals surface area contributed by atoms with Gasteiger partial charge in [0.2, 0.25) is 0 Å². The molecule has 0 aromatic heterocycles. The van der Waals surface area contributed by atoms with E-state index in [2.05, 4.69) is 5.32 Å². The molecule has 2 saturated heterocycles. The normalized spacial score (nSPS) is 18.6. The van der Waals surface area contributed by atoms with E-state index in [1.54, 1.807) is 48.5 Å². The maximum absolute atomic E-state index is 12.6. The van der Waals surface area contributed by atoms with Crippen LogP contribution < -0.4 is 10.1 Å². The molecular formula is C23H26N2O4. The van der Waals surface area contributed by atoms with Gasteiger partial charge < -0.3 is 19.7 Å². The van der Waals surface area contributed by atoms with Crippen molar-refractivity contribution in [3.8, 4) is 5.75 Å². The van der Waals surface area contributed by atoms with Crippen LogP contribution in [0.2, 0.25) is 0 Å². The maximum Gasteiger partial charge on any atom is 0.255 e. The lowest BCUT2D eigenvalue weighted by Crippen LogP contribution is -2.27. The number of likely N-dealkylation sites (tertiary alicyclic amines) is 1. The van der Waals surface area contributed by atoms with E-state index in [4.69, 9.17) is 9.47 Å². The first-order chi connectivity index (χ1) is 14.2. The fraction of sp³-hybridized carbons (Fsp3) is 0.391. The van der Waals surface area contributed by atoms with Crippen LogP contribution in [0.25, 0.3) is 0 Å². The number of carbonyl (C=O) groups is 2. The summed E-state index contributed by atoms with van der Waals surface area (Å²) in [6.07, 6.45) is 4.37. The second-order valence-corrected chi connectivity index (χ2v) is 7.50. The van der Waals surface area contributed by atoms with Crippen LogP contribution in [0.4, 0.5) is 5.69 Å². The van der Waals surface area contributed by atoms with Crippen molar-refractivity contribution < 1.29 is 19.1 Å². The van der Waals surface area contributed by atoms with Gasteiger partial charge in [-0.2, -0.15) is 0 Å². The molecule has 2 amide bonds. The Balaban J connectivity index is 1.35. The van der Waals surface area contributed by atoms with Gasteiger partial charge in [-0.05, 0) is 68.1 Å². The Morgan fingerprint density at radius 1 is 1.03 bits per heavy atom. The van der Waals surface area contributed by atoms with E-state index < -0.39 is 0 Å². The molecule has 6 heteroatoms.